The minimum Gasteiger partial charge on any atom is -0.398 e. The molecule has 1 nitrogen and oxygen atoms in total. The van der Waals surface area contributed by atoms with Gasteiger partial charge in [-0.1, -0.05) is 18.0 Å². The van der Waals surface area contributed by atoms with Crippen molar-refractivity contribution in [2.24, 2.45) is 17.8 Å². The van der Waals surface area contributed by atoms with E-state index in [9.17, 15) is 0 Å². The molecular weight excluding hydrogens is 250 g/mol. The molecule has 92 valence electrons. The number of nitrogen functional groups attached to an aromatic ring is 1. The Morgan fingerprint density at radius 3 is 2.82 bits per heavy atom. The number of thioether (sulfide) groups is 1. The molecule has 2 fully saturated rings. The first-order valence-electron chi connectivity index (χ1n) is 6.40. The van der Waals surface area contributed by atoms with E-state index in [-0.39, 0.29) is 0 Å². The van der Waals surface area contributed by atoms with Crippen LogP contribution in [0, 0.1) is 17.8 Å². The number of hydrogen-bond acceptors (Lipinski definition) is 2. The van der Waals surface area contributed by atoms with Crippen molar-refractivity contribution in [3.63, 3.8) is 0 Å². The summed E-state index contributed by atoms with van der Waals surface area (Å²) in [5.74, 6) is 4.19. The van der Waals surface area contributed by atoms with E-state index in [1.165, 1.54) is 36.3 Å². The SMILES string of the molecule is Nc1cc(Cl)ccc1SCC1CC2CCC1C2. The molecule has 3 heteroatoms. The van der Waals surface area contributed by atoms with Crippen molar-refractivity contribution in [3.8, 4) is 0 Å². The molecule has 2 aliphatic carbocycles. The molecule has 0 spiro atoms. The van der Waals surface area contributed by atoms with Crippen LogP contribution in [0.15, 0.2) is 23.1 Å². The quantitative estimate of drug-likeness (QED) is 0.647. The predicted molar refractivity (Wildman–Crippen MR) is 75.5 cm³/mol. The van der Waals surface area contributed by atoms with E-state index in [4.69, 9.17) is 17.3 Å². The summed E-state index contributed by atoms with van der Waals surface area (Å²) in [6, 6.07) is 5.83. The summed E-state index contributed by atoms with van der Waals surface area (Å²) in [5.41, 5.74) is 6.80. The molecule has 0 radical (unpaired) electrons. The third-order valence-electron chi connectivity index (χ3n) is 4.31. The summed E-state index contributed by atoms with van der Waals surface area (Å²) in [6.07, 6.45) is 5.88. The number of hydrogen-bond donors (Lipinski definition) is 1. The van der Waals surface area contributed by atoms with Crippen LogP contribution in [-0.2, 0) is 0 Å². The Bertz CT molecular complexity index is 421. The Labute approximate surface area is 112 Å². The van der Waals surface area contributed by atoms with Gasteiger partial charge in [0.1, 0.15) is 0 Å². The van der Waals surface area contributed by atoms with Crippen LogP contribution in [0.25, 0.3) is 0 Å². The largest absolute Gasteiger partial charge is 0.398 e. The first-order chi connectivity index (χ1) is 8.22. The summed E-state index contributed by atoms with van der Waals surface area (Å²) in [6.45, 7) is 0. The highest BCUT2D eigenvalue weighted by Gasteiger charge is 2.39. The molecule has 17 heavy (non-hydrogen) atoms. The lowest BCUT2D eigenvalue weighted by Gasteiger charge is -2.21. The number of halogens is 1. The van der Waals surface area contributed by atoms with Gasteiger partial charge in [0.2, 0.25) is 0 Å². The zero-order valence-corrected chi connectivity index (χ0v) is 11.4. The van der Waals surface area contributed by atoms with Gasteiger partial charge in [-0.2, -0.15) is 0 Å². The average Bonchev–Trinajstić information content (AvgIpc) is 2.89. The smallest absolute Gasteiger partial charge is 0.0467 e. The van der Waals surface area contributed by atoms with Crippen LogP contribution in [0.4, 0.5) is 5.69 Å². The highest BCUT2D eigenvalue weighted by atomic mass is 35.5. The summed E-state index contributed by atoms with van der Waals surface area (Å²) < 4.78 is 0. The fraction of sp³-hybridized carbons (Fsp3) is 0.571. The van der Waals surface area contributed by atoms with Gasteiger partial charge in [-0.25, -0.2) is 0 Å². The molecule has 3 rings (SSSR count). The molecular formula is C14H18ClNS. The second-order valence-electron chi connectivity index (χ2n) is 5.43. The zero-order chi connectivity index (χ0) is 11.8. The van der Waals surface area contributed by atoms with Crippen molar-refractivity contribution < 1.29 is 0 Å². The molecule has 3 atom stereocenters. The standard InChI is InChI=1S/C14H18ClNS/c15-12-3-4-14(13(16)7-12)17-8-11-6-9-1-2-10(11)5-9/h3-4,7,9-11H,1-2,5-6,8,16H2. The number of nitrogens with two attached hydrogens (primary N) is 1. The van der Waals surface area contributed by atoms with Gasteiger partial charge in [0, 0.05) is 21.4 Å². The summed E-state index contributed by atoms with van der Waals surface area (Å²) in [7, 11) is 0. The zero-order valence-electron chi connectivity index (χ0n) is 9.86. The van der Waals surface area contributed by atoms with Gasteiger partial charge in [0.25, 0.3) is 0 Å². The van der Waals surface area contributed by atoms with Crippen molar-refractivity contribution in [2.45, 2.75) is 30.6 Å². The van der Waals surface area contributed by atoms with Gasteiger partial charge in [-0.15, -0.1) is 11.8 Å². The topological polar surface area (TPSA) is 26.0 Å². The van der Waals surface area contributed by atoms with Crippen molar-refractivity contribution in [1.82, 2.24) is 0 Å². The maximum Gasteiger partial charge on any atom is 0.0467 e. The fourth-order valence-corrected chi connectivity index (χ4v) is 4.80. The maximum atomic E-state index is 5.98. The van der Waals surface area contributed by atoms with Gasteiger partial charge < -0.3 is 5.73 Å². The lowest BCUT2D eigenvalue weighted by molar-refractivity contribution is 0.365. The Hall–Kier alpha value is -0.340. The van der Waals surface area contributed by atoms with Crippen LogP contribution < -0.4 is 5.73 Å². The van der Waals surface area contributed by atoms with E-state index < -0.39 is 0 Å². The Kier molecular flexibility index (Phi) is 3.27. The molecule has 1 aromatic carbocycles. The molecule has 2 bridgehead atoms. The van der Waals surface area contributed by atoms with E-state index in [1.807, 2.05) is 23.9 Å². The second-order valence-corrected chi connectivity index (χ2v) is 6.93. The molecule has 1 aromatic rings. The van der Waals surface area contributed by atoms with Crippen molar-refractivity contribution in [2.75, 3.05) is 11.5 Å². The van der Waals surface area contributed by atoms with Crippen molar-refractivity contribution >= 4 is 29.1 Å². The minimum absolute atomic E-state index is 0.728. The molecule has 0 aromatic heterocycles. The van der Waals surface area contributed by atoms with Crippen molar-refractivity contribution in [1.29, 1.82) is 0 Å². The van der Waals surface area contributed by atoms with Gasteiger partial charge >= 0.3 is 0 Å². The van der Waals surface area contributed by atoms with Crippen LogP contribution in [0.1, 0.15) is 25.7 Å². The van der Waals surface area contributed by atoms with E-state index in [0.717, 1.165) is 28.5 Å². The van der Waals surface area contributed by atoms with Gasteiger partial charge in [0.05, 0.1) is 0 Å². The molecule has 0 aliphatic heterocycles. The Morgan fingerprint density at radius 2 is 2.18 bits per heavy atom. The number of fused-ring (bicyclic) bond motifs is 2. The summed E-state index contributed by atoms with van der Waals surface area (Å²) in [5, 5.41) is 0.728. The van der Waals surface area contributed by atoms with E-state index in [1.54, 1.807) is 0 Å². The Morgan fingerprint density at radius 1 is 1.29 bits per heavy atom. The second kappa shape index (κ2) is 4.74. The highest BCUT2D eigenvalue weighted by Crippen LogP contribution is 2.49. The van der Waals surface area contributed by atoms with Crippen LogP contribution in [-0.4, -0.2) is 5.75 Å². The first-order valence-corrected chi connectivity index (χ1v) is 7.76. The molecule has 3 unspecified atom stereocenters. The molecule has 0 heterocycles. The highest BCUT2D eigenvalue weighted by molar-refractivity contribution is 7.99. The number of rotatable bonds is 3. The lowest BCUT2D eigenvalue weighted by Crippen LogP contribution is -2.12. The molecule has 0 amide bonds. The van der Waals surface area contributed by atoms with Gasteiger partial charge in [-0.3, -0.25) is 0 Å². The lowest BCUT2D eigenvalue weighted by atomic mass is 9.90. The average molecular weight is 268 g/mol. The monoisotopic (exact) mass is 267 g/mol. The normalized spacial score (nSPS) is 31.0. The third kappa shape index (κ3) is 2.43. The number of anilines is 1. The third-order valence-corrected chi connectivity index (χ3v) is 5.82. The van der Waals surface area contributed by atoms with E-state index in [0.29, 0.717) is 0 Å². The number of benzene rings is 1. The fourth-order valence-electron chi connectivity index (χ4n) is 3.43. The van der Waals surface area contributed by atoms with Crippen LogP contribution in [0.3, 0.4) is 0 Å². The Balaban J connectivity index is 1.60. The van der Waals surface area contributed by atoms with Crippen LogP contribution in [0.2, 0.25) is 5.02 Å². The van der Waals surface area contributed by atoms with Gasteiger partial charge in [-0.05, 0) is 55.2 Å². The maximum absolute atomic E-state index is 5.98. The summed E-state index contributed by atoms with van der Waals surface area (Å²) >= 11 is 7.82. The molecule has 2 aliphatic rings. The predicted octanol–water partition coefficient (Wildman–Crippen LogP) is 4.45. The first kappa shape index (κ1) is 11.7. The molecule has 2 N–H and O–H groups in total. The van der Waals surface area contributed by atoms with E-state index >= 15 is 0 Å². The molecule has 0 saturated heterocycles. The van der Waals surface area contributed by atoms with Crippen LogP contribution in [0.5, 0.6) is 0 Å². The molecule has 2 saturated carbocycles. The van der Waals surface area contributed by atoms with E-state index in [2.05, 4.69) is 6.07 Å². The minimum atomic E-state index is 0.728. The van der Waals surface area contributed by atoms with Gasteiger partial charge in [0.15, 0.2) is 0 Å². The van der Waals surface area contributed by atoms with Crippen molar-refractivity contribution in [3.05, 3.63) is 23.2 Å². The van der Waals surface area contributed by atoms with Crippen LogP contribution >= 0.6 is 23.4 Å². The summed E-state index contributed by atoms with van der Waals surface area (Å²) in [4.78, 5) is 1.19.